The molecule has 6 rings (SSSR count). The highest BCUT2D eigenvalue weighted by Gasteiger charge is 2.39. The van der Waals surface area contributed by atoms with E-state index in [0.717, 1.165) is 29.9 Å². The Morgan fingerprint density at radius 2 is 1.80 bits per heavy atom. The lowest BCUT2D eigenvalue weighted by Crippen LogP contribution is -2.36. The lowest BCUT2D eigenvalue weighted by molar-refractivity contribution is -0.148. The summed E-state index contributed by atoms with van der Waals surface area (Å²) in [6.07, 6.45) is 4.87. The summed E-state index contributed by atoms with van der Waals surface area (Å²) < 4.78 is 10.9. The summed E-state index contributed by atoms with van der Waals surface area (Å²) in [7, 11) is 0. The normalized spacial score (nSPS) is 18.5. The molecule has 2 atom stereocenters. The highest BCUT2D eigenvalue weighted by Crippen LogP contribution is 2.35. The molecule has 0 radical (unpaired) electrons. The molecule has 1 amide bonds. The van der Waals surface area contributed by atoms with Gasteiger partial charge in [-0.15, -0.1) is 0 Å². The van der Waals surface area contributed by atoms with Gasteiger partial charge in [-0.25, -0.2) is 9.97 Å². The van der Waals surface area contributed by atoms with Crippen molar-refractivity contribution >= 4 is 29.1 Å². The molecule has 2 saturated heterocycles. The van der Waals surface area contributed by atoms with Crippen LogP contribution in [0.1, 0.15) is 34.5 Å². The minimum Gasteiger partial charge on any atom is -0.466 e. The number of esters is 1. The molecule has 0 spiro atoms. The standard InChI is InChI=1S/C34H37N7O4/c1-2-45-34(43)27-22-40(20-23-6-4-3-5-7-23)21-26(27)24-8-10-25(11-9-24)28-19-37-32(35)31(38-28)33(42)39-29-18-36-13-12-30(29)41-14-16-44-17-15-41/h3-13,18-19,26-27H,2,14-17,20-22H2,1H3,(H2,35,37)(H,39,42)/t26-,27+/m0/s1. The van der Waals surface area contributed by atoms with Gasteiger partial charge in [0.05, 0.1) is 55.2 Å². The zero-order valence-corrected chi connectivity index (χ0v) is 25.3. The fraction of sp³-hybridized carbons (Fsp3) is 0.324. The van der Waals surface area contributed by atoms with E-state index in [1.807, 2.05) is 55.5 Å². The Kier molecular flexibility index (Phi) is 9.27. The molecule has 0 bridgehead atoms. The number of hydrogen-bond donors (Lipinski definition) is 2. The Morgan fingerprint density at radius 3 is 2.56 bits per heavy atom. The number of hydrogen-bond acceptors (Lipinski definition) is 10. The molecule has 232 valence electrons. The number of amides is 1. The van der Waals surface area contributed by atoms with Gasteiger partial charge in [0.25, 0.3) is 5.91 Å². The number of aromatic nitrogens is 3. The van der Waals surface area contributed by atoms with E-state index in [2.05, 4.69) is 42.2 Å². The van der Waals surface area contributed by atoms with Gasteiger partial charge in [0.2, 0.25) is 0 Å². The maximum atomic E-state index is 13.4. The molecule has 45 heavy (non-hydrogen) atoms. The number of carbonyl (C=O) groups excluding carboxylic acids is 2. The summed E-state index contributed by atoms with van der Waals surface area (Å²) in [6.45, 7) is 6.98. The van der Waals surface area contributed by atoms with Gasteiger partial charge in [-0.05, 0) is 24.1 Å². The second-order valence-corrected chi connectivity index (χ2v) is 11.2. The molecule has 2 aliphatic rings. The number of nitrogens with one attached hydrogen (secondary N) is 1. The van der Waals surface area contributed by atoms with Crippen LogP contribution < -0.4 is 16.0 Å². The number of anilines is 3. The van der Waals surface area contributed by atoms with Crippen LogP contribution in [0.25, 0.3) is 11.3 Å². The summed E-state index contributed by atoms with van der Waals surface area (Å²) in [6, 6.07) is 20.0. The van der Waals surface area contributed by atoms with Crippen LogP contribution in [0, 0.1) is 5.92 Å². The van der Waals surface area contributed by atoms with Crippen molar-refractivity contribution in [3.05, 3.63) is 96.1 Å². The third-order valence-electron chi connectivity index (χ3n) is 8.28. The van der Waals surface area contributed by atoms with Crippen LogP contribution in [0.3, 0.4) is 0 Å². The predicted octanol–water partition coefficient (Wildman–Crippen LogP) is 3.99. The van der Waals surface area contributed by atoms with E-state index in [0.29, 0.717) is 50.8 Å². The van der Waals surface area contributed by atoms with E-state index in [-0.39, 0.29) is 29.3 Å². The van der Waals surface area contributed by atoms with Crippen LogP contribution in [0.5, 0.6) is 0 Å². The summed E-state index contributed by atoms with van der Waals surface area (Å²) in [5.41, 5.74) is 11.1. The number of pyridine rings is 1. The third kappa shape index (κ3) is 6.95. The predicted molar refractivity (Wildman–Crippen MR) is 172 cm³/mol. The average molecular weight is 608 g/mol. The number of benzene rings is 2. The topological polar surface area (TPSA) is 136 Å². The minimum absolute atomic E-state index is 0.0132. The van der Waals surface area contributed by atoms with Crippen LogP contribution >= 0.6 is 0 Å². The van der Waals surface area contributed by atoms with Gasteiger partial charge in [-0.2, -0.15) is 0 Å². The molecule has 2 aliphatic heterocycles. The Labute approximate surface area is 262 Å². The van der Waals surface area contributed by atoms with E-state index in [1.165, 1.54) is 5.56 Å². The Hall–Kier alpha value is -4.87. The number of ether oxygens (including phenoxy) is 2. The monoisotopic (exact) mass is 607 g/mol. The SMILES string of the molecule is CCOC(=O)[C@@H]1CN(Cc2ccccc2)C[C@H]1c1ccc(-c2cnc(N)c(C(=O)Nc3cnccc3N3CCOCC3)n2)cc1. The van der Waals surface area contributed by atoms with Crippen molar-refractivity contribution in [3.63, 3.8) is 0 Å². The number of nitrogens with two attached hydrogens (primary N) is 1. The smallest absolute Gasteiger partial charge is 0.310 e. The molecule has 0 saturated carbocycles. The lowest BCUT2D eigenvalue weighted by Gasteiger charge is -2.30. The average Bonchev–Trinajstić information content (AvgIpc) is 3.50. The Balaban J connectivity index is 1.20. The zero-order chi connectivity index (χ0) is 31.2. The maximum Gasteiger partial charge on any atom is 0.310 e. The summed E-state index contributed by atoms with van der Waals surface area (Å²) >= 11 is 0. The molecule has 0 aliphatic carbocycles. The zero-order valence-electron chi connectivity index (χ0n) is 25.3. The lowest BCUT2D eigenvalue weighted by atomic mass is 9.88. The van der Waals surface area contributed by atoms with Crippen LogP contribution in [0.15, 0.2) is 79.3 Å². The molecule has 4 heterocycles. The molecular weight excluding hydrogens is 570 g/mol. The van der Waals surface area contributed by atoms with Gasteiger partial charge in [0.15, 0.2) is 11.5 Å². The molecule has 2 aromatic heterocycles. The van der Waals surface area contributed by atoms with Crippen LogP contribution in [-0.4, -0.2) is 77.7 Å². The molecule has 2 aromatic carbocycles. The molecule has 2 fully saturated rings. The first kappa shape index (κ1) is 30.2. The fourth-order valence-corrected chi connectivity index (χ4v) is 6.03. The second kappa shape index (κ2) is 13.8. The van der Waals surface area contributed by atoms with Crippen LogP contribution in [0.4, 0.5) is 17.2 Å². The molecule has 3 N–H and O–H groups in total. The quantitative estimate of drug-likeness (QED) is 0.269. The molecule has 11 heteroatoms. The first-order chi connectivity index (χ1) is 22.0. The molecular formula is C34H37N7O4. The molecule has 11 nitrogen and oxygen atoms in total. The van der Waals surface area contributed by atoms with Gasteiger partial charge in [0.1, 0.15) is 0 Å². The highest BCUT2D eigenvalue weighted by atomic mass is 16.5. The highest BCUT2D eigenvalue weighted by molar-refractivity contribution is 6.07. The van der Waals surface area contributed by atoms with Crippen LogP contribution in [-0.2, 0) is 20.8 Å². The van der Waals surface area contributed by atoms with Gasteiger partial charge in [-0.3, -0.25) is 19.5 Å². The number of nitrogens with zero attached hydrogens (tertiary/aromatic N) is 5. The van der Waals surface area contributed by atoms with Crippen molar-refractivity contribution in [1.82, 2.24) is 19.9 Å². The number of nitrogen functional groups attached to an aromatic ring is 1. The van der Waals surface area contributed by atoms with Crippen molar-refractivity contribution in [2.75, 3.05) is 62.0 Å². The van der Waals surface area contributed by atoms with Gasteiger partial charge >= 0.3 is 5.97 Å². The van der Waals surface area contributed by atoms with E-state index in [4.69, 9.17) is 15.2 Å². The van der Waals surface area contributed by atoms with Crippen molar-refractivity contribution in [3.8, 4) is 11.3 Å². The molecule has 0 unspecified atom stereocenters. The number of rotatable bonds is 9. The van der Waals surface area contributed by atoms with Crippen molar-refractivity contribution < 1.29 is 19.1 Å². The minimum atomic E-state index is -0.470. The summed E-state index contributed by atoms with van der Waals surface area (Å²) in [5, 5.41) is 2.92. The van der Waals surface area contributed by atoms with Gasteiger partial charge < -0.3 is 25.4 Å². The van der Waals surface area contributed by atoms with Crippen molar-refractivity contribution in [2.24, 2.45) is 5.92 Å². The number of carbonyl (C=O) groups is 2. The number of morpholine rings is 1. The third-order valence-corrected chi connectivity index (χ3v) is 8.28. The fourth-order valence-electron chi connectivity index (χ4n) is 6.03. The Bertz CT molecular complexity index is 1630. The Morgan fingerprint density at radius 1 is 1.02 bits per heavy atom. The van der Waals surface area contributed by atoms with E-state index < -0.39 is 5.91 Å². The van der Waals surface area contributed by atoms with Gasteiger partial charge in [-0.1, -0.05) is 54.6 Å². The van der Waals surface area contributed by atoms with E-state index in [1.54, 1.807) is 18.6 Å². The molecule has 4 aromatic rings. The first-order valence-electron chi connectivity index (χ1n) is 15.2. The maximum absolute atomic E-state index is 13.4. The largest absolute Gasteiger partial charge is 0.466 e. The summed E-state index contributed by atoms with van der Waals surface area (Å²) in [5.74, 6) is -0.886. The first-order valence-corrected chi connectivity index (χ1v) is 15.2. The summed E-state index contributed by atoms with van der Waals surface area (Å²) in [4.78, 5) is 43.9. The number of likely N-dealkylation sites (tertiary alicyclic amines) is 1. The second-order valence-electron chi connectivity index (χ2n) is 11.2. The van der Waals surface area contributed by atoms with E-state index in [9.17, 15) is 9.59 Å². The van der Waals surface area contributed by atoms with Crippen LogP contribution in [0.2, 0.25) is 0 Å². The van der Waals surface area contributed by atoms with Gasteiger partial charge in [0, 0.05) is 50.4 Å². The van der Waals surface area contributed by atoms with Crippen molar-refractivity contribution in [1.29, 1.82) is 0 Å². The van der Waals surface area contributed by atoms with Crippen molar-refractivity contribution in [2.45, 2.75) is 19.4 Å². The van der Waals surface area contributed by atoms with E-state index >= 15 is 0 Å².